The second kappa shape index (κ2) is 10.2. The van der Waals surface area contributed by atoms with Crippen molar-refractivity contribution in [2.75, 3.05) is 37.7 Å². The van der Waals surface area contributed by atoms with Crippen molar-refractivity contribution in [3.8, 4) is 0 Å². The lowest BCUT2D eigenvalue weighted by atomic mass is 10.1. The van der Waals surface area contributed by atoms with Crippen molar-refractivity contribution >= 4 is 23.9 Å². The second-order valence-corrected chi connectivity index (χ2v) is 6.78. The van der Waals surface area contributed by atoms with Gasteiger partial charge in [-0.25, -0.2) is 19.6 Å². The second-order valence-electron chi connectivity index (χ2n) is 6.78. The van der Waals surface area contributed by atoms with E-state index in [1.54, 1.807) is 23.4 Å². The number of hydrogen-bond donors (Lipinski definition) is 2. The Bertz CT molecular complexity index is 856. The highest BCUT2D eigenvalue weighted by molar-refractivity contribution is 5.85. The molecule has 1 aromatic heterocycles. The van der Waals surface area contributed by atoms with E-state index in [1.807, 2.05) is 35.2 Å². The minimum Gasteiger partial charge on any atom is -0.454 e. The average molecular weight is 412 g/mol. The quantitative estimate of drug-likeness (QED) is 0.610. The van der Waals surface area contributed by atoms with Crippen LogP contribution in [0.4, 0.5) is 10.7 Å². The number of primary amides is 1. The van der Waals surface area contributed by atoms with Crippen LogP contribution in [0.2, 0.25) is 0 Å². The smallest absolute Gasteiger partial charge is 0.329 e. The van der Waals surface area contributed by atoms with Gasteiger partial charge in [-0.05, 0) is 11.6 Å². The number of hydrogen-bond acceptors (Lipinski definition) is 7. The molecule has 2 heterocycles. The Labute approximate surface area is 174 Å². The fourth-order valence-corrected chi connectivity index (χ4v) is 3.15. The van der Waals surface area contributed by atoms with E-state index in [2.05, 4.69) is 15.3 Å². The largest absolute Gasteiger partial charge is 0.454 e. The van der Waals surface area contributed by atoms with E-state index in [4.69, 9.17) is 10.5 Å². The molecule has 10 heteroatoms. The number of carbonyl (C=O) groups is 3. The third kappa shape index (κ3) is 5.90. The van der Waals surface area contributed by atoms with E-state index in [0.29, 0.717) is 32.1 Å². The van der Waals surface area contributed by atoms with Gasteiger partial charge in [0.25, 0.3) is 5.91 Å². The number of nitrogens with one attached hydrogen (secondary N) is 1. The summed E-state index contributed by atoms with van der Waals surface area (Å²) in [5.41, 5.74) is 6.00. The molecule has 0 saturated carbocycles. The lowest BCUT2D eigenvalue weighted by molar-refractivity contribution is -0.153. The summed E-state index contributed by atoms with van der Waals surface area (Å²) in [5, 5.41) is 2.37. The maximum atomic E-state index is 12.4. The molecular formula is C20H24N6O4. The van der Waals surface area contributed by atoms with Crippen molar-refractivity contribution in [1.29, 1.82) is 0 Å². The van der Waals surface area contributed by atoms with Crippen molar-refractivity contribution in [2.45, 2.75) is 12.5 Å². The number of esters is 1. The van der Waals surface area contributed by atoms with Gasteiger partial charge in [0.2, 0.25) is 5.95 Å². The number of urea groups is 1. The fraction of sp³-hybridized carbons (Fsp3) is 0.350. The highest BCUT2D eigenvalue weighted by Crippen LogP contribution is 2.10. The molecule has 158 valence electrons. The van der Waals surface area contributed by atoms with Crippen LogP contribution in [0, 0.1) is 0 Å². The minimum absolute atomic E-state index is 0.215. The highest BCUT2D eigenvalue weighted by atomic mass is 16.5. The number of nitrogens with two attached hydrogens (primary N) is 1. The first kappa shape index (κ1) is 21.0. The molecule has 0 spiro atoms. The predicted molar refractivity (Wildman–Crippen MR) is 108 cm³/mol. The van der Waals surface area contributed by atoms with Crippen molar-refractivity contribution in [1.82, 2.24) is 20.2 Å². The van der Waals surface area contributed by atoms with E-state index < -0.39 is 24.6 Å². The maximum absolute atomic E-state index is 12.4. The summed E-state index contributed by atoms with van der Waals surface area (Å²) < 4.78 is 5.17. The number of rotatable bonds is 7. The summed E-state index contributed by atoms with van der Waals surface area (Å²) in [4.78, 5) is 48.1. The molecule has 3 rings (SSSR count). The summed E-state index contributed by atoms with van der Waals surface area (Å²) in [5.74, 6) is -0.380. The van der Waals surface area contributed by atoms with Crippen LogP contribution in [0.5, 0.6) is 0 Å². The minimum atomic E-state index is -0.968. The lowest BCUT2D eigenvalue weighted by Crippen LogP contribution is -2.51. The number of nitrogens with zero attached hydrogens (tertiary/aromatic N) is 4. The Morgan fingerprint density at radius 3 is 2.33 bits per heavy atom. The van der Waals surface area contributed by atoms with Gasteiger partial charge >= 0.3 is 12.0 Å². The van der Waals surface area contributed by atoms with Gasteiger partial charge in [-0.3, -0.25) is 4.79 Å². The van der Waals surface area contributed by atoms with E-state index in [0.717, 1.165) is 5.56 Å². The number of ether oxygens (including phenoxy) is 1. The molecule has 3 N–H and O–H groups in total. The maximum Gasteiger partial charge on any atom is 0.329 e. The first-order chi connectivity index (χ1) is 14.5. The normalized spacial score (nSPS) is 14.7. The van der Waals surface area contributed by atoms with Crippen molar-refractivity contribution in [2.24, 2.45) is 5.73 Å². The zero-order chi connectivity index (χ0) is 21.3. The Balaban J connectivity index is 1.49. The molecule has 0 radical (unpaired) electrons. The van der Waals surface area contributed by atoms with Crippen LogP contribution in [-0.2, 0) is 20.7 Å². The van der Waals surface area contributed by atoms with E-state index in [9.17, 15) is 14.4 Å². The van der Waals surface area contributed by atoms with Crippen LogP contribution in [0.1, 0.15) is 5.56 Å². The number of amides is 3. The number of piperazine rings is 1. The number of anilines is 1. The molecule has 0 bridgehead atoms. The summed E-state index contributed by atoms with van der Waals surface area (Å²) >= 11 is 0. The van der Waals surface area contributed by atoms with Crippen LogP contribution in [0.25, 0.3) is 0 Å². The molecule has 1 saturated heterocycles. The molecule has 1 aliphatic heterocycles. The van der Waals surface area contributed by atoms with E-state index in [-0.39, 0.29) is 12.3 Å². The molecule has 2 aromatic rings. The average Bonchev–Trinajstić information content (AvgIpc) is 2.78. The van der Waals surface area contributed by atoms with Crippen molar-refractivity contribution in [3.63, 3.8) is 0 Å². The lowest BCUT2D eigenvalue weighted by Gasteiger charge is -2.34. The molecular weight excluding hydrogens is 388 g/mol. The van der Waals surface area contributed by atoms with Gasteiger partial charge in [0.05, 0.1) is 0 Å². The number of carbonyl (C=O) groups excluding carboxylic acids is 3. The number of benzene rings is 1. The van der Waals surface area contributed by atoms with Gasteiger partial charge in [-0.1, -0.05) is 30.3 Å². The van der Waals surface area contributed by atoms with Crippen LogP contribution in [0.3, 0.4) is 0 Å². The first-order valence-electron chi connectivity index (χ1n) is 9.59. The molecule has 1 atom stereocenters. The molecule has 1 fully saturated rings. The monoisotopic (exact) mass is 412 g/mol. The molecule has 10 nitrogen and oxygen atoms in total. The highest BCUT2D eigenvalue weighted by Gasteiger charge is 2.26. The van der Waals surface area contributed by atoms with E-state index in [1.165, 1.54) is 0 Å². The molecule has 1 aromatic carbocycles. The Hall–Kier alpha value is -3.69. The Morgan fingerprint density at radius 2 is 1.70 bits per heavy atom. The molecule has 1 aliphatic rings. The molecule has 3 amide bonds. The van der Waals surface area contributed by atoms with Gasteiger partial charge < -0.3 is 25.6 Å². The van der Waals surface area contributed by atoms with Gasteiger partial charge in [0.15, 0.2) is 6.61 Å². The SMILES string of the molecule is NC(=O)N[C@@H](Cc1ccccc1)C(=O)OCC(=O)N1CCN(c2ncccn2)CC1. The standard InChI is InChI=1S/C20H24N6O4/c21-19(29)24-16(13-15-5-2-1-3-6-15)18(28)30-14-17(27)25-9-11-26(12-10-25)20-22-7-4-8-23-20/h1-8,16H,9-14H2,(H3,21,24,29)/t16-/m0/s1. The summed E-state index contributed by atoms with van der Waals surface area (Å²) in [6.45, 7) is 1.72. The third-order valence-electron chi connectivity index (χ3n) is 4.69. The first-order valence-corrected chi connectivity index (χ1v) is 9.59. The van der Waals surface area contributed by atoms with Gasteiger partial charge in [-0.2, -0.15) is 0 Å². The summed E-state index contributed by atoms with van der Waals surface area (Å²) in [7, 11) is 0. The summed E-state index contributed by atoms with van der Waals surface area (Å²) in [6, 6.07) is 9.09. The zero-order valence-corrected chi connectivity index (χ0v) is 16.4. The van der Waals surface area contributed by atoms with Crippen molar-refractivity contribution < 1.29 is 19.1 Å². The van der Waals surface area contributed by atoms with E-state index >= 15 is 0 Å². The molecule has 0 unspecified atom stereocenters. The van der Waals surface area contributed by atoms with Gasteiger partial charge in [-0.15, -0.1) is 0 Å². The topological polar surface area (TPSA) is 131 Å². The third-order valence-corrected chi connectivity index (χ3v) is 4.69. The van der Waals surface area contributed by atoms with Crippen LogP contribution >= 0.6 is 0 Å². The predicted octanol–water partition coefficient (Wildman–Crippen LogP) is -0.0520. The van der Waals surface area contributed by atoms with Gasteiger partial charge in [0, 0.05) is 45.0 Å². The Morgan fingerprint density at radius 1 is 1.03 bits per heavy atom. The van der Waals surface area contributed by atoms with Crippen LogP contribution < -0.4 is 16.0 Å². The Kier molecular flexibility index (Phi) is 7.14. The zero-order valence-electron chi connectivity index (χ0n) is 16.4. The number of aromatic nitrogens is 2. The fourth-order valence-electron chi connectivity index (χ4n) is 3.15. The molecule has 30 heavy (non-hydrogen) atoms. The summed E-state index contributed by atoms with van der Waals surface area (Å²) in [6.07, 6.45) is 3.56. The van der Waals surface area contributed by atoms with Gasteiger partial charge in [0.1, 0.15) is 6.04 Å². The van der Waals surface area contributed by atoms with Crippen LogP contribution in [-0.4, -0.2) is 71.6 Å². The molecule has 0 aliphatic carbocycles. The van der Waals surface area contributed by atoms with Crippen LogP contribution in [0.15, 0.2) is 48.8 Å². The van der Waals surface area contributed by atoms with Crippen molar-refractivity contribution in [3.05, 3.63) is 54.4 Å².